The highest BCUT2D eigenvalue weighted by atomic mass is 15.3. The van der Waals surface area contributed by atoms with Gasteiger partial charge in [-0.1, -0.05) is 19.3 Å². The predicted molar refractivity (Wildman–Crippen MR) is 78.0 cm³/mol. The Morgan fingerprint density at radius 3 is 2.44 bits per heavy atom. The van der Waals surface area contributed by atoms with Crippen molar-refractivity contribution in [2.75, 3.05) is 33.7 Å². The van der Waals surface area contributed by atoms with Gasteiger partial charge in [0, 0.05) is 37.3 Å². The van der Waals surface area contributed by atoms with E-state index in [1.54, 1.807) is 0 Å². The maximum atomic E-state index is 3.35. The van der Waals surface area contributed by atoms with E-state index < -0.39 is 0 Å². The minimum Gasteiger partial charge on any atom is -0.318 e. The second kappa shape index (κ2) is 5.89. The molecule has 1 aliphatic carbocycles. The topological polar surface area (TPSA) is 18.5 Å². The molecule has 3 nitrogen and oxygen atoms in total. The van der Waals surface area contributed by atoms with Crippen molar-refractivity contribution in [3.8, 4) is 0 Å². The Morgan fingerprint density at radius 2 is 1.83 bits per heavy atom. The van der Waals surface area contributed by atoms with Gasteiger partial charge in [0.25, 0.3) is 0 Å². The van der Waals surface area contributed by atoms with Crippen LogP contribution in [0.5, 0.6) is 0 Å². The van der Waals surface area contributed by atoms with Crippen molar-refractivity contribution in [1.82, 2.24) is 15.1 Å². The number of piperazine rings is 1. The molecule has 106 valence electrons. The van der Waals surface area contributed by atoms with Crippen molar-refractivity contribution in [3.63, 3.8) is 0 Å². The number of nitrogens with one attached hydrogen (secondary N) is 1. The van der Waals surface area contributed by atoms with E-state index in [2.05, 4.69) is 43.1 Å². The number of likely N-dealkylation sites (N-methyl/N-ethyl adjacent to an activating group) is 2. The molecule has 2 aliphatic rings. The highest BCUT2D eigenvalue weighted by Gasteiger charge is 2.40. The average molecular weight is 253 g/mol. The van der Waals surface area contributed by atoms with Crippen LogP contribution in [0.15, 0.2) is 0 Å². The first-order chi connectivity index (χ1) is 8.54. The first kappa shape index (κ1) is 14.3. The third kappa shape index (κ3) is 3.06. The number of nitrogens with zero attached hydrogens (tertiary/aromatic N) is 2. The lowest BCUT2D eigenvalue weighted by Crippen LogP contribution is -2.66. The fourth-order valence-electron chi connectivity index (χ4n) is 3.94. The summed E-state index contributed by atoms with van der Waals surface area (Å²) in [6, 6.07) is 1.51. The standard InChI is InChI=1S/C15H31N3/c1-15(2)12-17(4)14(10-16-3)11-18(15)13-8-6-5-7-9-13/h13-14,16H,5-12H2,1-4H3. The maximum absolute atomic E-state index is 3.35. The molecule has 1 heterocycles. The van der Waals surface area contributed by atoms with Crippen LogP contribution in [-0.4, -0.2) is 61.2 Å². The lowest BCUT2D eigenvalue weighted by Gasteiger charge is -2.54. The van der Waals surface area contributed by atoms with Crippen molar-refractivity contribution in [3.05, 3.63) is 0 Å². The molecule has 0 spiro atoms. The van der Waals surface area contributed by atoms with Gasteiger partial charge in [0.05, 0.1) is 0 Å². The average Bonchev–Trinajstić information content (AvgIpc) is 2.33. The van der Waals surface area contributed by atoms with E-state index in [4.69, 9.17) is 0 Å². The molecule has 0 aromatic carbocycles. The van der Waals surface area contributed by atoms with Gasteiger partial charge >= 0.3 is 0 Å². The highest BCUT2D eigenvalue weighted by molar-refractivity contribution is 4.97. The fourth-order valence-corrected chi connectivity index (χ4v) is 3.94. The van der Waals surface area contributed by atoms with Crippen molar-refractivity contribution in [2.24, 2.45) is 0 Å². The van der Waals surface area contributed by atoms with Crippen LogP contribution in [0.3, 0.4) is 0 Å². The molecule has 1 atom stereocenters. The Balaban J connectivity index is 2.05. The van der Waals surface area contributed by atoms with Crippen molar-refractivity contribution < 1.29 is 0 Å². The van der Waals surface area contributed by atoms with E-state index in [0.29, 0.717) is 11.6 Å². The smallest absolute Gasteiger partial charge is 0.0345 e. The van der Waals surface area contributed by atoms with Gasteiger partial charge in [0.15, 0.2) is 0 Å². The lowest BCUT2D eigenvalue weighted by molar-refractivity contribution is -0.0407. The summed E-state index contributed by atoms with van der Waals surface area (Å²) >= 11 is 0. The Labute approximate surface area is 113 Å². The first-order valence-corrected chi connectivity index (χ1v) is 7.66. The molecule has 1 saturated heterocycles. The second-order valence-corrected chi connectivity index (χ2v) is 6.88. The molecular formula is C15H31N3. The zero-order chi connectivity index (χ0) is 13.2. The van der Waals surface area contributed by atoms with Gasteiger partial charge < -0.3 is 5.32 Å². The van der Waals surface area contributed by atoms with Gasteiger partial charge in [-0.05, 0) is 40.8 Å². The van der Waals surface area contributed by atoms with Crippen LogP contribution < -0.4 is 5.32 Å². The SMILES string of the molecule is CNCC1CN(C2CCCCC2)C(C)(C)CN1C. The van der Waals surface area contributed by atoms with Crippen LogP contribution in [0.4, 0.5) is 0 Å². The normalized spacial score (nSPS) is 31.7. The summed E-state index contributed by atoms with van der Waals surface area (Å²) in [6.07, 6.45) is 7.15. The first-order valence-electron chi connectivity index (χ1n) is 7.66. The van der Waals surface area contributed by atoms with E-state index in [9.17, 15) is 0 Å². The van der Waals surface area contributed by atoms with Crippen molar-refractivity contribution in [1.29, 1.82) is 0 Å². The van der Waals surface area contributed by atoms with Crippen LogP contribution in [0.1, 0.15) is 46.0 Å². The second-order valence-electron chi connectivity index (χ2n) is 6.88. The molecule has 18 heavy (non-hydrogen) atoms. The summed E-state index contributed by atoms with van der Waals surface area (Å²) in [4.78, 5) is 5.35. The van der Waals surface area contributed by atoms with Crippen LogP contribution >= 0.6 is 0 Å². The third-order valence-electron chi connectivity index (χ3n) is 4.90. The molecule has 1 aliphatic heterocycles. The molecule has 1 saturated carbocycles. The van der Waals surface area contributed by atoms with Gasteiger partial charge in [-0.15, -0.1) is 0 Å². The van der Waals surface area contributed by atoms with E-state index in [1.807, 2.05) is 0 Å². The lowest BCUT2D eigenvalue weighted by atomic mass is 9.87. The van der Waals surface area contributed by atoms with E-state index in [0.717, 1.165) is 12.6 Å². The van der Waals surface area contributed by atoms with Gasteiger partial charge in [0.2, 0.25) is 0 Å². The summed E-state index contributed by atoms with van der Waals surface area (Å²) in [5, 5.41) is 3.35. The van der Waals surface area contributed by atoms with E-state index in [-0.39, 0.29) is 0 Å². The molecule has 0 bridgehead atoms. The third-order valence-corrected chi connectivity index (χ3v) is 4.90. The fraction of sp³-hybridized carbons (Fsp3) is 1.00. The molecule has 0 aromatic heterocycles. The molecule has 1 N–H and O–H groups in total. The summed E-state index contributed by atoms with van der Waals surface area (Å²) in [6.45, 7) is 8.38. The number of hydrogen-bond acceptors (Lipinski definition) is 3. The minimum absolute atomic E-state index is 0.334. The Kier molecular flexibility index (Phi) is 4.68. The zero-order valence-corrected chi connectivity index (χ0v) is 12.7. The molecule has 0 aromatic rings. The molecule has 0 radical (unpaired) electrons. The number of rotatable bonds is 3. The van der Waals surface area contributed by atoms with Crippen LogP contribution in [-0.2, 0) is 0 Å². The summed E-state index contributed by atoms with van der Waals surface area (Å²) in [7, 11) is 4.35. The molecule has 3 heteroatoms. The quantitative estimate of drug-likeness (QED) is 0.829. The van der Waals surface area contributed by atoms with Crippen molar-refractivity contribution >= 4 is 0 Å². The monoisotopic (exact) mass is 253 g/mol. The largest absolute Gasteiger partial charge is 0.318 e. The van der Waals surface area contributed by atoms with E-state index >= 15 is 0 Å². The molecule has 1 unspecified atom stereocenters. The number of hydrogen-bond donors (Lipinski definition) is 1. The molecular weight excluding hydrogens is 222 g/mol. The summed E-state index contributed by atoms with van der Waals surface area (Å²) < 4.78 is 0. The highest BCUT2D eigenvalue weighted by Crippen LogP contribution is 2.32. The molecule has 2 rings (SSSR count). The van der Waals surface area contributed by atoms with Gasteiger partial charge in [-0.3, -0.25) is 9.80 Å². The Morgan fingerprint density at radius 1 is 1.17 bits per heavy atom. The van der Waals surface area contributed by atoms with Crippen LogP contribution in [0.25, 0.3) is 0 Å². The van der Waals surface area contributed by atoms with Gasteiger partial charge in [0.1, 0.15) is 0 Å². The van der Waals surface area contributed by atoms with Gasteiger partial charge in [-0.25, -0.2) is 0 Å². The summed E-state index contributed by atoms with van der Waals surface area (Å²) in [5.74, 6) is 0. The van der Waals surface area contributed by atoms with Crippen LogP contribution in [0.2, 0.25) is 0 Å². The van der Waals surface area contributed by atoms with Crippen molar-refractivity contribution in [2.45, 2.75) is 63.6 Å². The molecule has 0 amide bonds. The van der Waals surface area contributed by atoms with Gasteiger partial charge in [-0.2, -0.15) is 0 Å². The predicted octanol–water partition coefficient (Wildman–Crippen LogP) is 1.93. The summed E-state index contributed by atoms with van der Waals surface area (Å²) in [5.41, 5.74) is 0.334. The van der Waals surface area contributed by atoms with E-state index in [1.165, 1.54) is 45.2 Å². The van der Waals surface area contributed by atoms with Crippen LogP contribution in [0, 0.1) is 0 Å². The maximum Gasteiger partial charge on any atom is 0.0345 e. The molecule has 2 fully saturated rings. The Hall–Kier alpha value is -0.120. The zero-order valence-electron chi connectivity index (χ0n) is 12.7. The Bertz CT molecular complexity index is 258. The minimum atomic E-state index is 0.334.